The van der Waals surface area contributed by atoms with E-state index in [0.717, 1.165) is 29.8 Å². The van der Waals surface area contributed by atoms with Crippen LogP contribution in [-0.4, -0.2) is 54.0 Å². The van der Waals surface area contributed by atoms with E-state index in [1.165, 1.54) is 12.1 Å². The van der Waals surface area contributed by atoms with Gasteiger partial charge in [-0.15, -0.1) is 0 Å². The smallest absolute Gasteiger partial charge is 0.351 e. The largest absolute Gasteiger partial charge is 0.399 e. The Labute approximate surface area is 240 Å². The van der Waals surface area contributed by atoms with E-state index in [1.54, 1.807) is 11.1 Å². The molecule has 1 aliphatic heterocycles. The zero-order chi connectivity index (χ0) is 30.4. The van der Waals surface area contributed by atoms with Gasteiger partial charge in [-0.25, -0.2) is 4.98 Å². The summed E-state index contributed by atoms with van der Waals surface area (Å²) >= 11 is 0. The van der Waals surface area contributed by atoms with Crippen LogP contribution in [0.3, 0.4) is 0 Å². The highest BCUT2D eigenvalue weighted by Gasteiger charge is 2.50. The number of nitrogens with zero attached hydrogens (tertiary/aromatic N) is 2. The Balaban J connectivity index is 1.37. The van der Waals surface area contributed by atoms with Gasteiger partial charge in [0, 0.05) is 23.0 Å². The molecule has 0 aliphatic carbocycles. The molecular formula is C29H32F2N5O5P. The van der Waals surface area contributed by atoms with E-state index in [-0.39, 0.29) is 23.0 Å². The number of H-pyrrole nitrogens is 2. The predicted molar refractivity (Wildman–Crippen MR) is 153 cm³/mol. The normalized spacial score (nSPS) is 17.0. The first-order valence-electron chi connectivity index (χ1n) is 13.4. The van der Waals surface area contributed by atoms with E-state index in [9.17, 15) is 22.9 Å². The lowest BCUT2D eigenvalue weighted by Gasteiger charge is -2.35. The summed E-state index contributed by atoms with van der Waals surface area (Å²) in [6, 6.07) is 12.9. The molecule has 2 aromatic heterocycles. The zero-order valence-electron chi connectivity index (χ0n) is 23.3. The molecule has 4 aromatic rings. The van der Waals surface area contributed by atoms with Crippen molar-refractivity contribution in [1.82, 2.24) is 25.2 Å². The number of benzene rings is 2. The van der Waals surface area contributed by atoms with Crippen molar-refractivity contribution in [1.29, 1.82) is 0 Å². The maximum Gasteiger partial charge on any atom is 0.399 e. The van der Waals surface area contributed by atoms with Crippen molar-refractivity contribution in [2.24, 2.45) is 5.41 Å². The van der Waals surface area contributed by atoms with Gasteiger partial charge >= 0.3 is 13.3 Å². The number of alkyl halides is 2. The summed E-state index contributed by atoms with van der Waals surface area (Å²) in [4.78, 5) is 57.9. The van der Waals surface area contributed by atoms with Crippen molar-refractivity contribution < 1.29 is 32.7 Å². The Kier molecular flexibility index (Phi) is 7.59. The molecule has 5 rings (SSSR count). The number of hydrogen-bond donors (Lipinski definition) is 5. The van der Waals surface area contributed by atoms with Crippen LogP contribution in [0.15, 0.2) is 60.8 Å². The number of amides is 2. The molecule has 42 heavy (non-hydrogen) atoms. The molecule has 0 saturated carbocycles. The number of hydrogen-bond acceptors (Lipinski definition) is 4. The molecule has 2 aromatic carbocycles. The highest BCUT2D eigenvalue weighted by molar-refractivity contribution is 7.52. The minimum atomic E-state index is -5.75. The summed E-state index contributed by atoms with van der Waals surface area (Å²) in [5.74, 6) is -0.226. The van der Waals surface area contributed by atoms with E-state index in [1.807, 2.05) is 51.1 Å². The van der Waals surface area contributed by atoms with Gasteiger partial charge in [0.25, 0.3) is 5.91 Å². The van der Waals surface area contributed by atoms with E-state index in [4.69, 9.17) is 9.79 Å². The molecule has 0 bridgehead atoms. The topological polar surface area (TPSA) is 151 Å². The Bertz CT molecular complexity index is 1670. The van der Waals surface area contributed by atoms with Crippen molar-refractivity contribution in [3.63, 3.8) is 0 Å². The minimum absolute atomic E-state index is 0.0141. The molecule has 0 radical (unpaired) electrons. The number of nitrogens with one attached hydrogen (secondary N) is 3. The van der Waals surface area contributed by atoms with Crippen LogP contribution in [0, 0.1) is 5.41 Å². The summed E-state index contributed by atoms with van der Waals surface area (Å²) in [5.41, 5.74) is -3.79. The number of carbonyl (C=O) groups is 2. The zero-order valence-corrected chi connectivity index (χ0v) is 24.2. The second kappa shape index (κ2) is 10.8. The van der Waals surface area contributed by atoms with Crippen molar-refractivity contribution in [2.45, 2.75) is 51.4 Å². The SMILES string of the molecule is CC(C)(C)C(NC(=O)c1cc2cc(C(F)(F)P(=O)(O)O)ccc2[nH]1)C(=O)N1CCC[C@H]1c1ncc(-c2ccccc2)[nH]1. The number of fused-ring (bicyclic) bond motifs is 1. The lowest BCUT2D eigenvalue weighted by atomic mass is 9.85. The molecule has 2 atom stereocenters. The maximum atomic E-state index is 14.2. The summed E-state index contributed by atoms with van der Waals surface area (Å²) in [6.45, 7) is 6.01. The molecule has 2 amide bonds. The van der Waals surface area contributed by atoms with Gasteiger partial charge in [-0.1, -0.05) is 57.2 Å². The fourth-order valence-corrected chi connectivity index (χ4v) is 5.69. The molecule has 1 saturated heterocycles. The summed E-state index contributed by atoms with van der Waals surface area (Å²) in [6.07, 6.45) is 3.22. The standard InChI is InChI=1S/C29H32F2N5O5P/c1-28(2,3)24(27(38)36-13-7-10-23(36)25-32-16-22(34-25)17-8-5-4-6-9-17)35-26(37)21-15-18-14-19(11-12-20(18)33-21)29(30,31)42(39,40)41/h4-6,8-9,11-12,14-16,23-24,33H,7,10,13H2,1-3H3,(H,32,34)(H,35,37)(H2,39,40,41)/t23-,24?/m0/s1. The van der Waals surface area contributed by atoms with Crippen molar-refractivity contribution in [3.8, 4) is 11.3 Å². The average molecular weight is 600 g/mol. The van der Waals surface area contributed by atoms with Crippen LogP contribution in [0.25, 0.3) is 22.2 Å². The van der Waals surface area contributed by atoms with Crippen LogP contribution in [0.5, 0.6) is 0 Å². The summed E-state index contributed by atoms with van der Waals surface area (Å²) in [7, 11) is -5.75. The van der Waals surface area contributed by atoms with Gasteiger partial charge in [-0.3, -0.25) is 14.2 Å². The van der Waals surface area contributed by atoms with Gasteiger partial charge in [0.05, 0.1) is 17.9 Å². The molecule has 3 heterocycles. The molecular weight excluding hydrogens is 567 g/mol. The summed E-state index contributed by atoms with van der Waals surface area (Å²) in [5, 5.41) is 2.98. The number of aromatic nitrogens is 3. The van der Waals surface area contributed by atoms with E-state index in [0.29, 0.717) is 24.3 Å². The van der Waals surface area contributed by atoms with Gasteiger partial charge in [-0.05, 0) is 42.0 Å². The lowest BCUT2D eigenvalue weighted by molar-refractivity contribution is -0.137. The number of rotatable bonds is 7. The molecule has 5 N–H and O–H groups in total. The first-order chi connectivity index (χ1) is 19.7. The van der Waals surface area contributed by atoms with Crippen molar-refractivity contribution in [3.05, 3.63) is 77.9 Å². The Hall–Kier alpha value is -3.86. The third-order valence-electron chi connectivity index (χ3n) is 7.50. The van der Waals surface area contributed by atoms with Crippen LogP contribution >= 0.6 is 7.60 Å². The predicted octanol–water partition coefficient (Wildman–Crippen LogP) is 5.29. The molecule has 10 nitrogen and oxygen atoms in total. The highest BCUT2D eigenvalue weighted by atomic mass is 31.2. The van der Waals surface area contributed by atoms with Crippen LogP contribution < -0.4 is 5.32 Å². The van der Waals surface area contributed by atoms with Crippen LogP contribution in [0.1, 0.15) is 61.5 Å². The average Bonchev–Trinajstić information content (AvgIpc) is 3.69. The van der Waals surface area contributed by atoms with Crippen molar-refractivity contribution in [2.75, 3.05) is 6.54 Å². The van der Waals surface area contributed by atoms with Gasteiger partial charge in [0.15, 0.2) is 0 Å². The Morgan fingerprint density at radius 1 is 1.10 bits per heavy atom. The van der Waals surface area contributed by atoms with E-state index in [2.05, 4.69) is 20.3 Å². The van der Waals surface area contributed by atoms with Gasteiger partial charge in [-0.2, -0.15) is 8.78 Å². The molecule has 13 heteroatoms. The molecule has 0 spiro atoms. The molecule has 1 fully saturated rings. The number of halogens is 2. The van der Waals surface area contributed by atoms with Crippen LogP contribution in [0.4, 0.5) is 8.78 Å². The van der Waals surface area contributed by atoms with Gasteiger partial charge < -0.3 is 30.0 Å². The first-order valence-corrected chi connectivity index (χ1v) is 15.1. The fraction of sp³-hybridized carbons (Fsp3) is 0.345. The molecule has 1 aliphatic rings. The number of aromatic amines is 2. The fourth-order valence-electron chi connectivity index (χ4n) is 5.22. The second-order valence-corrected chi connectivity index (χ2v) is 13.2. The van der Waals surface area contributed by atoms with E-state index < -0.39 is 36.2 Å². The monoisotopic (exact) mass is 599 g/mol. The van der Waals surface area contributed by atoms with Gasteiger partial charge in [0.1, 0.15) is 17.6 Å². The van der Waals surface area contributed by atoms with Crippen molar-refractivity contribution >= 4 is 30.3 Å². The Morgan fingerprint density at radius 2 is 1.81 bits per heavy atom. The maximum absolute atomic E-state index is 14.2. The quantitative estimate of drug-likeness (QED) is 0.182. The number of carbonyl (C=O) groups excluding carboxylic acids is 2. The minimum Gasteiger partial charge on any atom is -0.351 e. The first kappa shape index (κ1) is 29.6. The lowest BCUT2D eigenvalue weighted by Crippen LogP contribution is -2.54. The summed E-state index contributed by atoms with van der Waals surface area (Å²) < 4.78 is 39.8. The number of likely N-dealkylation sites (tertiary alicyclic amines) is 1. The third kappa shape index (κ3) is 5.62. The number of imidazole rings is 1. The molecule has 222 valence electrons. The molecule has 1 unspecified atom stereocenters. The van der Waals surface area contributed by atoms with E-state index >= 15 is 0 Å². The van der Waals surface area contributed by atoms with Crippen LogP contribution in [0.2, 0.25) is 0 Å². The van der Waals surface area contributed by atoms with Crippen LogP contribution in [-0.2, 0) is 15.0 Å². The van der Waals surface area contributed by atoms with Gasteiger partial charge in [0.2, 0.25) is 5.91 Å². The Morgan fingerprint density at radius 3 is 2.48 bits per heavy atom. The highest BCUT2D eigenvalue weighted by Crippen LogP contribution is 2.59. The second-order valence-electron chi connectivity index (χ2n) is 11.6. The third-order valence-corrected chi connectivity index (χ3v) is 8.49.